The second-order valence-corrected chi connectivity index (χ2v) is 4.93. The summed E-state index contributed by atoms with van der Waals surface area (Å²) >= 11 is 0. The van der Waals surface area contributed by atoms with Crippen LogP contribution in [0, 0.1) is 0 Å². The molecule has 1 aromatic carbocycles. The van der Waals surface area contributed by atoms with E-state index in [0.29, 0.717) is 31.8 Å². The van der Waals surface area contributed by atoms with Gasteiger partial charge in [-0.2, -0.15) is 0 Å². The monoisotopic (exact) mass is 289 g/mol. The number of unbranched alkanes of at least 4 members (excludes halogenated alkanes) is 1. The van der Waals surface area contributed by atoms with Crippen molar-refractivity contribution in [2.45, 2.75) is 33.2 Å². The maximum absolute atomic E-state index is 12.5. The molecule has 0 amide bonds. The first-order valence-corrected chi connectivity index (χ1v) is 7.60. The Kier molecular flexibility index (Phi) is 5.81. The molecule has 2 aromatic rings. The fraction of sp³-hybridized carbons (Fsp3) is 0.471. The average molecular weight is 289 g/mol. The Morgan fingerprint density at radius 3 is 2.71 bits per heavy atom. The topological polar surface area (TPSA) is 40.5 Å². The zero-order valence-corrected chi connectivity index (χ0v) is 12.8. The number of pyridine rings is 1. The lowest BCUT2D eigenvalue weighted by Gasteiger charge is -2.11. The number of aromatic nitrogens is 1. The highest BCUT2D eigenvalue weighted by Crippen LogP contribution is 2.23. The first-order chi connectivity index (χ1) is 10.3. The SMILES string of the molecule is CCCCOc1cccc2c(=O)n(CCOCC)ccc12. The third kappa shape index (κ3) is 3.85. The lowest BCUT2D eigenvalue weighted by Crippen LogP contribution is -2.22. The normalized spacial score (nSPS) is 11.0. The average Bonchev–Trinajstić information content (AvgIpc) is 2.50. The second-order valence-electron chi connectivity index (χ2n) is 4.93. The Labute approximate surface area is 125 Å². The maximum atomic E-state index is 12.5. The lowest BCUT2D eigenvalue weighted by atomic mass is 10.1. The van der Waals surface area contributed by atoms with Gasteiger partial charge in [-0.1, -0.05) is 19.4 Å². The van der Waals surface area contributed by atoms with Gasteiger partial charge in [0.05, 0.1) is 18.6 Å². The van der Waals surface area contributed by atoms with Gasteiger partial charge in [0, 0.05) is 24.7 Å². The van der Waals surface area contributed by atoms with E-state index in [2.05, 4.69) is 6.92 Å². The highest BCUT2D eigenvalue weighted by atomic mass is 16.5. The van der Waals surface area contributed by atoms with Gasteiger partial charge < -0.3 is 14.0 Å². The quantitative estimate of drug-likeness (QED) is 0.701. The zero-order valence-electron chi connectivity index (χ0n) is 12.8. The third-order valence-corrected chi connectivity index (χ3v) is 3.41. The predicted molar refractivity (Wildman–Crippen MR) is 85.1 cm³/mol. The number of nitrogens with zero attached hydrogens (tertiary/aromatic N) is 1. The summed E-state index contributed by atoms with van der Waals surface area (Å²) in [6.45, 7) is 6.55. The third-order valence-electron chi connectivity index (χ3n) is 3.41. The van der Waals surface area contributed by atoms with E-state index in [0.717, 1.165) is 24.0 Å². The summed E-state index contributed by atoms with van der Waals surface area (Å²) in [4.78, 5) is 12.5. The molecule has 0 aliphatic rings. The van der Waals surface area contributed by atoms with Crippen LogP contribution in [0.4, 0.5) is 0 Å². The molecule has 4 nitrogen and oxygen atoms in total. The van der Waals surface area contributed by atoms with Crippen molar-refractivity contribution in [2.24, 2.45) is 0 Å². The number of ether oxygens (including phenoxy) is 2. The molecule has 0 aliphatic carbocycles. The molecule has 0 radical (unpaired) electrons. The van der Waals surface area contributed by atoms with Crippen molar-refractivity contribution in [3.05, 3.63) is 40.8 Å². The molecule has 0 fully saturated rings. The van der Waals surface area contributed by atoms with Crippen LogP contribution in [0.5, 0.6) is 5.75 Å². The predicted octanol–water partition coefficient (Wildman–Crippen LogP) is 3.22. The summed E-state index contributed by atoms with van der Waals surface area (Å²) in [5.41, 5.74) is 0.00754. The molecule has 1 aromatic heterocycles. The molecule has 0 unspecified atom stereocenters. The van der Waals surface area contributed by atoms with Crippen LogP contribution in [-0.4, -0.2) is 24.4 Å². The van der Waals surface area contributed by atoms with Crippen molar-refractivity contribution in [3.63, 3.8) is 0 Å². The largest absolute Gasteiger partial charge is 0.493 e. The Morgan fingerprint density at radius 2 is 1.95 bits per heavy atom. The Morgan fingerprint density at radius 1 is 1.10 bits per heavy atom. The van der Waals surface area contributed by atoms with Crippen molar-refractivity contribution in [1.29, 1.82) is 0 Å². The maximum Gasteiger partial charge on any atom is 0.258 e. The number of hydrogen-bond acceptors (Lipinski definition) is 3. The highest BCUT2D eigenvalue weighted by molar-refractivity contribution is 5.87. The summed E-state index contributed by atoms with van der Waals surface area (Å²) in [6.07, 6.45) is 3.92. The van der Waals surface area contributed by atoms with Crippen LogP contribution in [0.15, 0.2) is 35.3 Å². The lowest BCUT2D eigenvalue weighted by molar-refractivity contribution is 0.138. The van der Waals surface area contributed by atoms with Crippen molar-refractivity contribution >= 4 is 10.8 Å². The molecule has 2 rings (SSSR count). The molecule has 1 heterocycles. The minimum absolute atomic E-state index is 0.00754. The summed E-state index contributed by atoms with van der Waals surface area (Å²) in [6, 6.07) is 7.59. The summed E-state index contributed by atoms with van der Waals surface area (Å²) in [5, 5.41) is 1.58. The number of rotatable bonds is 8. The molecule has 21 heavy (non-hydrogen) atoms. The van der Waals surface area contributed by atoms with Gasteiger partial charge in [0.2, 0.25) is 0 Å². The molecule has 0 aliphatic heterocycles. The Balaban J connectivity index is 2.27. The first-order valence-electron chi connectivity index (χ1n) is 7.60. The van der Waals surface area contributed by atoms with Gasteiger partial charge in [0.25, 0.3) is 5.56 Å². The second kappa shape index (κ2) is 7.84. The van der Waals surface area contributed by atoms with E-state index >= 15 is 0 Å². The van der Waals surface area contributed by atoms with Gasteiger partial charge in [0.15, 0.2) is 0 Å². The van der Waals surface area contributed by atoms with Crippen molar-refractivity contribution < 1.29 is 9.47 Å². The summed E-state index contributed by atoms with van der Waals surface area (Å²) in [7, 11) is 0. The molecular weight excluding hydrogens is 266 g/mol. The molecule has 0 N–H and O–H groups in total. The molecule has 4 heteroatoms. The smallest absolute Gasteiger partial charge is 0.258 e. The fourth-order valence-corrected chi connectivity index (χ4v) is 2.22. The molecular formula is C17H23NO3. The van der Waals surface area contributed by atoms with E-state index in [1.54, 1.807) is 4.57 Å². The Hall–Kier alpha value is -1.81. The standard InChI is InChI=1S/C17H23NO3/c1-3-5-12-21-16-8-6-7-15-14(16)9-10-18(17(15)19)11-13-20-4-2/h6-10H,3-5,11-13H2,1-2H3. The van der Waals surface area contributed by atoms with E-state index in [9.17, 15) is 4.79 Å². The first kappa shape index (κ1) is 15.6. The van der Waals surface area contributed by atoms with Crippen LogP contribution in [-0.2, 0) is 11.3 Å². The summed E-state index contributed by atoms with van der Waals surface area (Å²) < 4.78 is 12.8. The molecule has 0 saturated carbocycles. The van der Waals surface area contributed by atoms with E-state index in [1.807, 2.05) is 37.4 Å². The van der Waals surface area contributed by atoms with Gasteiger partial charge in [-0.05, 0) is 31.5 Å². The minimum Gasteiger partial charge on any atom is -0.493 e. The number of hydrogen-bond donors (Lipinski definition) is 0. The van der Waals surface area contributed by atoms with Crippen LogP contribution in [0.25, 0.3) is 10.8 Å². The van der Waals surface area contributed by atoms with Gasteiger partial charge in [-0.3, -0.25) is 4.79 Å². The van der Waals surface area contributed by atoms with Crippen molar-refractivity contribution in [1.82, 2.24) is 4.57 Å². The van der Waals surface area contributed by atoms with Crippen molar-refractivity contribution in [2.75, 3.05) is 19.8 Å². The van der Waals surface area contributed by atoms with E-state index < -0.39 is 0 Å². The van der Waals surface area contributed by atoms with Gasteiger partial charge >= 0.3 is 0 Å². The van der Waals surface area contributed by atoms with Crippen LogP contribution in [0.3, 0.4) is 0 Å². The van der Waals surface area contributed by atoms with Gasteiger partial charge in [-0.25, -0.2) is 0 Å². The molecule has 0 spiro atoms. The summed E-state index contributed by atoms with van der Waals surface area (Å²) in [5.74, 6) is 0.787. The minimum atomic E-state index is 0.00754. The van der Waals surface area contributed by atoms with E-state index in [4.69, 9.17) is 9.47 Å². The number of fused-ring (bicyclic) bond motifs is 1. The van der Waals surface area contributed by atoms with Crippen LogP contribution < -0.4 is 10.3 Å². The molecule has 0 bridgehead atoms. The van der Waals surface area contributed by atoms with Crippen LogP contribution in [0.2, 0.25) is 0 Å². The highest BCUT2D eigenvalue weighted by Gasteiger charge is 2.07. The fourth-order valence-electron chi connectivity index (χ4n) is 2.22. The van der Waals surface area contributed by atoms with Crippen LogP contribution >= 0.6 is 0 Å². The zero-order chi connectivity index (χ0) is 15.1. The molecule has 114 valence electrons. The van der Waals surface area contributed by atoms with Gasteiger partial charge in [-0.15, -0.1) is 0 Å². The number of benzene rings is 1. The van der Waals surface area contributed by atoms with E-state index in [-0.39, 0.29) is 5.56 Å². The van der Waals surface area contributed by atoms with E-state index in [1.165, 1.54) is 0 Å². The molecule has 0 saturated heterocycles. The Bertz CT molecular complexity index is 633. The molecule has 0 atom stereocenters. The van der Waals surface area contributed by atoms with Crippen molar-refractivity contribution in [3.8, 4) is 5.75 Å². The van der Waals surface area contributed by atoms with Gasteiger partial charge in [0.1, 0.15) is 5.75 Å². The van der Waals surface area contributed by atoms with Crippen LogP contribution in [0.1, 0.15) is 26.7 Å².